The number of anilines is 1. The van der Waals surface area contributed by atoms with E-state index in [1.807, 2.05) is 10.6 Å². The van der Waals surface area contributed by atoms with Crippen LogP contribution in [-0.2, 0) is 21.2 Å². The maximum Gasteiger partial charge on any atom is 0.237 e. The third-order valence-corrected chi connectivity index (χ3v) is 7.46. The second-order valence-corrected chi connectivity index (χ2v) is 10.3. The molecule has 1 aromatic heterocycles. The van der Waals surface area contributed by atoms with Crippen LogP contribution in [0.3, 0.4) is 0 Å². The van der Waals surface area contributed by atoms with Crippen LogP contribution in [0.1, 0.15) is 30.7 Å². The number of nitrogens with zero attached hydrogens (tertiary/aromatic N) is 4. The van der Waals surface area contributed by atoms with Gasteiger partial charge in [0.05, 0.1) is 28.0 Å². The maximum atomic E-state index is 12.6. The number of thioether (sulfide) groups is 1. The van der Waals surface area contributed by atoms with Gasteiger partial charge in [-0.15, -0.1) is 16.8 Å². The van der Waals surface area contributed by atoms with Crippen molar-refractivity contribution in [3.05, 3.63) is 48.3 Å². The van der Waals surface area contributed by atoms with Crippen LogP contribution in [0.4, 0.5) is 5.69 Å². The molecule has 0 radical (unpaired) electrons. The lowest BCUT2D eigenvalue weighted by molar-refractivity contribution is -0.115. The molecule has 10 heteroatoms. The largest absolute Gasteiger partial charge is 0.324 e. The molecule has 8 nitrogen and oxygen atoms in total. The van der Waals surface area contributed by atoms with Gasteiger partial charge in [0.15, 0.2) is 15.0 Å². The van der Waals surface area contributed by atoms with Crippen LogP contribution in [0.2, 0.25) is 0 Å². The molecule has 1 saturated heterocycles. The monoisotopic (exact) mass is 431 g/mol. The number of rotatable bonds is 7. The highest BCUT2D eigenvalue weighted by molar-refractivity contribution is 8.00. The summed E-state index contributed by atoms with van der Waals surface area (Å²) in [4.78, 5) is 12.6. The molecule has 0 bridgehead atoms. The zero-order chi connectivity index (χ0) is 21.0. The summed E-state index contributed by atoms with van der Waals surface area (Å²) in [7, 11) is -3.05. The Labute approximate surface area is 173 Å². The number of carbonyl (C=O) groups is 1. The van der Waals surface area contributed by atoms with Crippen LogP contribution in [0, 0.1) is 11.3 Å². The van der Waals surface area contributed by atoms with Crippen molar-refractivity contribution in [3.63, 3.8) is 0 Å². The van der Waals surface area contributed by atoms with E-state index >= 15 is 0 Å². The van der Waals surface area contributed by atoms with Crippen LogP contribution < -0.4 is 5.32 Å². The number of aromatic nitrogens is 3. The molecule has 2 atom stereocenters. The number of allylic oxidation sites excluding steroid dienone is 1. The molecule has 152 valence electrons. The van der Waals surface area contributed by atoms with Gasteiger partial charge in [0, 0.05) is 12.5 Å². The lowest BCUT2D eigenvalue weighted by Crippen LogP contribution is -2.23. The van der Waals surface area contributed by atoms with E-state index in [4.69, 9.17) is 5.26 Å². The molecule has 1 aliphatic heterocycles. The minimum atomic E-state index is -3.05. The van der Waals surface area contributed by atoms with Crippen molar-refractivity contribution in [3.8, 4) is 6.07 Å². The zero-order valence-electron chi connectivity index (χ0n) is 15.9. The molecule has 0 spiro atoms. The van der Waals surface area contributed by atoms with Crippen molar-refractivity contribution in [1.82, 2.24) is 14.8 Å². The summed E-state index contributed by atoms with van der Waals surface area (Å²) < 4.78 is 25.5. The Morgan fingerprint density at radius 1 is 1.48 bits per heavy atom. The first-order valence-electron chi connectivity index (χ1n) is 9.05. The molecule has 2 aromatic rings. The van der Waals surface area contributed by atoms with Gasteiger partial charge < -0.3 is 9.88 Å². The first-order valence-corrected chi connectivity index (χ1v) is 11.8. The highest BCUT2D eigenvalue weighted by atomic mass is 32.2. The van der Waals surface area contributed by atoms with Gasteiger partial charge in [-0.25, -0.2) is 8.42 Å². The van der Waals surface area contributed by atoms with Gasteiger partial charge in [0.25, 0.3) is 0 Å². The summed E-state index contributed by atoms with van der Waals surface area (Å²) in [6.45, 7) is 5.91. The maximum absolute atomic E-state index is 12.6. The number of para-hydroxylation sites is 1. The fourth-order valence-corrected chi connectivity index (χ4v) is 5.73. The average molecular weight is 432 g/mol. The molecular weight excluding hydrogens is 410 g/mol. The molecule has 1 fully saturated rings. The quantitative estimate of drug-likeness (QED) is 0.528. The molecule has 1 aromatic carbocycles. The summed E-state index contributed by atoms with van der Waals surface area (Å²) in [5, 5.41) is 20.4. The molecule has 0 unspecified atom stereocenters. The molecule has 2 heterocycles. The number of carbonyl (C=O) groups excluding carboxylic acids is 1. The second-order valence-electron chi connectivity index (χ2n) is 6.75. The van der Waals surface area contributed by atoms with E-state index in [9.17, 15) is 13.2 Å². The minimum Gasteiger partial charge on any atom is -0.324 e. The highest BCUT2D eigenvalue weighted by Crippen LogP contribution is 2.31. The molecule has 0 aliphatic carbocycles. The Hall–Kier alpha value is -2.64. The fourth-order valence-electron chi connectivity index (χ4n) is 3.12. The van der Waals surface area contributed by atoms with Crippen LogP contribution in [0.15, 0.2) is 42.1 Å². The number of amides is 1. The molecule has 1 N–H and O–H groups in total. The van der Waals surface area contributed by atoms with Gasteiger partial charge in [0.1, 0.15) is 11.9 Å². The molecule has 1 aliphatic rings. The van der Waals surface area contributed by atoms with Gasteiger partial charge in [-0.3, -0.25) is 4.79 Å². The summed E-state index contributed by atoms with van der Waals surface area (Å²) in [6, 6.07) is 8.83. The summed E-state index contributed by atoms with van der Waals surface area (Å²) in [5.41, 5.74) is 0.842. The van der Waals surface area contributed by atoms with E-state index in [1.165, 1.54) is 11.8 Å². The molecule has 0 saturated carbocycles. The van der Waals surface area contributed by atoms with Crippen LogP contribution in [0.25, 0.3) is 0 Å². The Balaban J connectivity index is 1.76. The predicted molar refractivity (Wildman–Crippen MR) is 111 cm³/mol. The average Bonchev–Trinajstić information content (AvgIpc) is 3.25. The van der Waals surface area contributed by atoms with Crippen molar-refractivity contribution in [2.24, 2.45) is 0 Å². The smallest absolute Gasteiger partial charge is 0.237 e. The van der Waals surface area contributed by atoms with Gasteiger partial charge in [-0.2, -0.15) is 5.26 Å². The predicted octanol–water partition coefficient (Wildman–Crippen LogP) is 2.36. The van der Waals surface area contributed by atoms with Crippen molar-refractivity contribution in [2.45, 2.75) is 36.2 Å². The van der Waals surface area contributed by atoms with E-state index < -0.39 is 15.1 Å². The number of hydrogen-bond acceptors (Lipinski definition) is 7. The normalized spacial score (nSPS) is 18.7. The third kappa shape index (κ3) is 4.86. The number of nitriles is 1. The van der Waals surface area contributed by atoms with Crippen LogP contribution >= 0.6 is 11.8 Å². The standard InChI is InChI=1S/C19H21N5O3S2/c1-3-9-24-17(15-8-10-29(26,27)12-15)22-23-19(24)28-13(2)18(25)21-16-7-5-4-6-14(16)11-20/h3-7,13,15H,1,8-10,12H2,2H3,(H,21,25)/t13-,15+/m0/s1. The zero-order valence-corrected chi connectivity index (χ0v) is 17.5. The van der Waals surface area contributed by atoms with Crippen LogP contribution in [0.5, 0.6) is 0 Å². The molecular formula is C19H21N5O3S2. The number of sulfone groups is 1. The van der Waals surface area contributed by atoms with Gasteiger partial charge in [-0.05, 0) is 25.5 Å². The Morgan fingerprint density at radius 3 is 2.90 bits per heavy atom. The van der Waals surface area contributed by atoms with Crippen molar-refractivity contribution >= 4 is 33.2 Å². The Kier molecular flexibility index (Phi) is 6.39. The summed E-state index contributed by atoms with van der Waals surface area (Å²) in [6.07, 6.45) is 2.21. The van der Waals surface area contributed by atoms with Gasteiger partial charge in [0.2, 0.25) is 5.91 Å². The topological polar surface area (TPSA) is 118 Å². The summed E-state index contributed by atoms with van der Waals surface area (Å²) >= 11 is 1.23. The molecule has 29 heavy (non-hydrogen) atoms. The molecule has 3 rings (SSSR count). The van der Waals surface area contributed by atoms with Crippen molar-refractivity contribution in [1.29, 1.82) is 5.26 Å². The fraction of sp³-hybridized carbons (Fsp3) is 0.368. The van der Waals surface area contributed by atoms with Crippen LogP contribution in [-0.4, -0.2) is 45.8 Å². The van der Waals surface area contributed by atoms with E-state index in [-0.39, 0.29) is 23.3 Å². The highest BCUT2D eigenvalue weighted by Gasteiger charge is 2.33. The SMILES string of the molecule is C=CCn1c(S[C@@H](C)C(=O)Nc2ccccc2C#N)nnc1[C@@H]1CCS(=O)(=O)C1. The van der Waals surface area contributed by atoms with Gasteiger partial charge >= 0.3 is 0 Å². The van der Waals surface area contributed by atoms with E-state index in [0.29, 0.717) is 35.2 Å². The van der Waals surface area contributed by atoms with Gasteiger partial charge in [-0.1, -0.05) is 30.0 Å². The first kappa shape index (κ1) is 21.1. The lowest BCUT2D eigenvalue weighted by atomic mass is 10.1. The number of hydrogen-bond donors (Lipinski definition) is 1. The Morgan fingerprint density at radius 2 is 2.24 bits per heavy atom. The van der Waals surface area contributed by atoms with E-state index in [2.05, 4.69) is 22.1 Å². The Bertz CT molecular complexity index is 1070. The first-order chi connectivity index (χ1) is 13.8. The third-order valence-electron chi connectivity index (χ3n) is 4.61. The molecule has 1 amide bonds. The minimum absolute atomic E-state index is 0.0634. The van der Waals surface area contributed by atoms with Crippen molar-refractivity contribution in [2.75, 3.05) is 16.8 Å². The van der Waals surface area contributed by atoms with E-state index in [1.54, 1.807) is 37.3 Å². The van der Waals surface area contributed by atoms with E-state index in [0.717, 1.165) is 0 Å². The summed E-state index contributed by atoms with van der Waals surface area (Å²) in [5.74, 6) is 0.353. The van der Waals surface area contributed by atoms with Crippen molar-refractivity contribution < 1.29 is 13.2 Å². The lowest BCUT2D eigenvalue weighted by Gasteiger charge is -2.14. The second kappa shape index (κ2) is 8.80. The number of benzene rings is 1. The number of nitrogens with one attached hydrogen (secondary N) is 1.